The topological polar surface area (TPSA) is 73.1 Å². The number of methoxy groups -OCH3 is 1. The maximum absolute atomic E-state index is 12.3. The Morgan fingerprint density at radius 3 is 2.61 bits per heavy atom. The molecule has 0 aromatic carbocycles. The van der Waals surface area contributed by atoms with Crippen molar-refractivity contribution in [3.8, 4) is 0 Å². The molecule has 0 unspecified atom stereocenters. The molecule has 4 aliphatic rings. The van der Waals surface area contributed by atoms with Crippen LogP contribution in [0.5, 0.6) is 0 Å². The number of allylic oxidation sites excluding steroid dienone is 1. The van der Waals surface area contributed by atoms with E-state index < -0.39 is 0 Å². The Balaban J connectivity index is 1.45. The lowest BCUT2D eigenvalue weighted by Crippen LogP contribution is -2.55. The van der Waals surface area contributed by atoms with Gasteiger partial charge in [-0.3, -0.25) is 0 Å². The van der Waals surface area contributed by atoms with Crippen molar-refractivity contribution in [2.45, 2.75) is 88.7 Å². The third-order valence-corrected chi connectivity index (χ3v) is 6.68. The van der Waals surface area contributed by atoms with Gasteiger partial charge in [-0.05, 0) is 53.0 Å². The molecule has 0 amide bonds. The minimum absolute atomic E-state index is 0.0302. The van der Waals surface area contributed by atoms with Crippen molar-refractivity contribution in [1.82, 2.24) is 0 Å². The van der Waals surface area contributed by atoms with E-state index in [4.69, 9.17) is 23.7 Å². The molecular weight excluding hydrogens is 360 g/mol. The lowest BCUT2D eigenvalue weighted by atomic mass is 9.68. The van der Waals surface area contributed by atoms with Crippen molar-refractivity contribution in [3.63, 3.8) is 0 Å². The second-order valence-corrected chi connectivity index (χ2v) is 9.02. The molecule has 1 saturated carbocycles. The van der Waals surface area contributed by atoms with Crippen LogP contribution in [0.25, 0.3) is 0 Å². The highest BCUT2D eigenvalue weighted by Crippen LogP contribution is 2.59. The summed E-state index contributed by atoms with van der Waals surface area (Å²) >= 11 is 0. The van der Waals surface area contributed by atoms with Crippen molar-refractivity contribution in [1.29, 1.82) is 0 Å². The maximum Gasteiger partial charge on any atom is 0.330 e. The summed E-state index contributed by atoms with van der Waals surface area (Å²) in [5, 5.41) is 0. The highest BCUT2D eigenvalue weighted by molar-refractivity contribution is 5.82. The number of carbonyl (C=O) groups is 1. The molecule has 3 heterocycles. The predicted octanol–water partition coefficient (Wildman–Crippen LogP) is 2.95. The molecule has 156 valence electrons. The number of carbonyl (C=O) groups excluding carboxylic acids is 1. The van der Waals surface area contributed by atoms with Crippen LogP contribution in [-0.4, -0.2) is 61.4 Å². The van der Waals surface area contributed by atoms with Gasteiger partial charge in [-0.25, -0.2) is 4.79 Å². The average Bonchev–Trinajstić information content (AvgIpc) is 3.57. The van der Waals surface area contributed by atoms with Gasteiger partial charge in [-0.2, -0.15) is 0 Å². The number of rotatable bonds is 7. The fourth-order valence-electron chi connectivity index (χ4n) is 4.84. The van der Waals surface area contributed by atoms with Gasteiger partial charge in [0.15, 0.2) is 0 Å². The highest BCUT2D eigenvalue weighted by atomic mass is 16.6. The minimum atomic E-state index is -0.343. The molecule has 4 fully saturated rings. The highest BCUT2D eigenvalue weighted by Gasteiger charge is 2.72. The van der Waals surface area contributed by atoms with E-state index in [2.05, 4.69) is 26.8 Å². The Morgan fingerprint density at radius 2 is 2.04 bits per heavy atom. The van der Waals surface area contributed by atoms with Crippen LogP contribution in [0.1, 0.15) is 47.0 Å². The zero-order valence-electron chi connectivity index (χ0n) is 17.5. The monoisotopic (exact) mass is 392 g/mol. The Bertz CT molecular complexity index is 677. The first-order valence-corrected chi connectivity index (χ1v) is 10.3. The van der Waals surface area contributed by atoms with E-state index in [9.17, 15) is 4.79 Å². The number of hydrogen-bond donors (Lipinski definition) is 0. The molecule has 0 N–H and O–H groups in total. The number of esters is 1. The van der Waals surface area contributed by atoms with Crippen molar-refractivity contribution in [2.24, 2.45) is 5.92 Å². The average molecular weight is 392 g/mol. The lowest BCUT2D eigenvalue weighted by Gasteiger charge is -2.42. The van der Waals surface area contributed by atoms with Crippen molar-refractivity contribution >= 4 is 5.97 Å². The van der Waals surface area contributed by atoms with Crippen LogP contribution in [0.4, 0.5) is 0 Å². The SMILES string of the molecule is CO[C@H]1[C@@H](OC(=O)/C=C/[C@H]2O[C@H]2C)CC[C@@]2(CO2)[C@@H]1[C@]1(C)O[C@H]1CC=C(C)C. The van der Waals surface area contributed by atoms with Gasteiger partial charge in [0, 0.05) is 13.2 Å². The molecule has 6 heteroatoms. The van der Waals surface area contributed by atoms with E-state index in [1.807, 2.05) is 6.92 Å². The van der Waals surface area contributed by atoms with Gasteiger partial charge in [0.1, 0.15) is 29.5 Å². The standard InChI is InChI=1S/C22H32O6/c1-13(2)6-8-17-21(4,28-17)20-19(24-5)16(10-11-22(20)12-25-22)27-18(23)9-7-15-14(3)26-15/h6-7,9,14-17,19-20H,8,10-12H2,1-5H3/b9-7+/t14-,15+,16-,17-,19-,20-,21+,22+/m0/s1. The van der Waals surface area contributed by atoms with Gasteiger partial charge < -0.3 is 23.7 Å². The van der Waals surface area contributed by atoms with Gasteiger partial charge in [-0.1, -0.05) is 11.6 Å². The third-order valence-electron chi connectivity index (χ3n) is 6.68. The van der Waals surface area contributed by atoms with Gasteiger partial charge in [-0.15, -0.1) is 0 Å². The fourth-order valence-corrected chi connectivity index (χ4v) is 4.84. The van der Waals surface area contributed by atoms with Gasteiger partial charge in [0.2, 0.25) is 0 Å². The quantitative estimate of drug-likeness (QED) is 0.287. The molecule has 28 heavy (non-hydrogen) atoms. The molecule has 4 rings (SSSR count). The molecule has 0 radical (unpaired) electrons. The van der Waals surface area contributed by atoms with Crippen molar-refractivity contribution in [2.75, 3.05) is 13.7 Å². The summed E-state index contributed by atoms with van der Waals surface area (Å²) in [5.74, 6) is -0.299. The van der Waals surface area contributed by atoms with Crippen LogP contribution < -0.4 is 0 Å². The van der Waals surface area contributed by atoms with Crippen LogP contribution in [0.15, 0.2) is 23.8 Å². The van der Waals surface area contributed by atoms with Gasteiger partial charge in [0.25, 0.3) is 0 Å². The van der Waals surface area contributed by atoms with Crippen LogP contribution >= 0.6 is 0 Å². The molecule has 6 nitrogen and oxygen atoms in total. The Labute approximate surface area is 167 Å². The van der Waals surface area contributed by atoms with Crippen LogP contribution in [-0.2, 0) is 28.5 Å². The summed E-state index contributed by atoms with van der Waals surface area (Å²) < 4.78 is 29.1. The Hall–Kier alpha value is -1.21. The molecule has 1 aliphatic carbocycles. The summed E-state index contributed by atoms with van der Waals surface area (Å²) in [7, 11) is 1.69. The second-order valence-electron chi connectivity index (χ2n) is 9.02. The van der Waals surface area contributed by atoms with Gasteiger partial charge in [0.05, 0.1) is 24.7 Å². The minimum Gasteiger partial charge on any atom is -0.456 e. The van der Waals surface area contributed by atoms with Crippen molar-refractivity contribution < 1.29 is 28.5 Å². The van der Waals surface area contributed by atoms with E-state index >= 15 is 0 Å². The van der Waals surface area contributed by atoms with Gasteiger partial charge >= 0.3 is 5.97 Å². The molecule has 0 aromatic heterocycles. The van der Waals surface area contributed by atoms with E-state index in [0.717, 1.165) is 25.9 Å². The molecule has 1 spiro atoms. The summed E-state index contributed by atoms with van der Waals surface area (Å²) in [5.41, 5.74) is 0.765. The summed E-state index contributed by atoms with van der Waals surface area (Å²) in [6.07, 6.45) is 7.75. The normalized spacial score (nSPS) is 46.5. The molecule has 0 bridgehead atoms. The largest absolute Gasteiger partial charge is 0.456 e. The lowest BCUT2D eigenvalue weighted by molar-refractivity contribution is -0.166. The Morgan fingerprint density at radius 1 is 1.32 bits per heavy atom. The van der Waals surface area contributed by atoms with E-state index in [1.54, 1.807) is 13.2 Å². The van der Waals surface area contributed by atoms with Crippen molar-refractivity contribution in [3.05, 3.63) is 23.8 Å². The fraction of sp³-hybridized carbons (Fsp3) is 0.773. The molecule has 8 atom stereocenters. The first-order chi connectivity index (χ1) is 13.3. The summed E-state index contributed by atoms with van der Waals surface area (Å²) in [6.45, 7) is 9.04. The van der Waals surface area contributed by atoms with E-state index in [0.29, 0.717) is 0 Å². The molecule has 3 saturated heterocycles. The molecular formula is C22H32O6. The number of epoxide rings is 3. The summed E-state index contributed by atoms with van der Waals surface area (Å²) in [4.78, 5) is 12.3. The summed E-state index contributed by atoms with van der Waals surface area (Å²) in [6, 6.07) is 0. The van der Waals surface area contributed by atoms with Crippen LogP contribution in [0.2, 0.25) is 0 Å². The smallest absolute Gasteiger partial charge is 0.330 e. The molecule has 3 aliphatic heterocycles. The van der Waals surface area contributed by atoms with Crippen LogP contribution in [0, 0.1) is 5.92 Å². The Kier molecular flexibility index (Phi) is 5.19. The first-order valence-electron chi connectivity index (χ1n) is 10.3. The van der Waals surface area contributed by atoms with E-state index in [-0.39, 0.29) is 53.6 Å². The molecule has 0 aromatic rings. The third kappa shape index (κ3) is 3.80. The zero-order valence-corrected chi connectivity index (χ0v) is 17.5. The predicted molar refractivity (Wildman–Crippen MR) is 103 cm³/mol. The first kappa shape index (κ1) is 20.1. The number of ether oxygens (including phenoxy) is 5. The maximum atomic E-state index is 12.3. The number of hydrogen-bond acceptors (Lipinski definition) is 6. The van der Waals surface area contributed by atoms with E-state index in [1.165, 1.54) is 11.6 Å². The van der Waals surface area contributed by atoms with Crippen LogP contribution in [0.3, 0.4) is 0 Å². The zero-order chi connectivity index (χ0) is 20.1. The second kappa shape index (κ2) is 7.24.